The van der Waals surface area contributed by atoms with E-state index in [1.54, 1.807) is 0 Å². The number of benzene rings is 2. The third kappa shape index (κ3) is 6.91. The predicted molar refractivity (Wildman–Crippen MR) is 124 cm³/mol. The molecule has 3 nitrogen and oxygen atoms in total. The summed E-state index contributed by atoms with van der Waals surface area (Å²) in [4.78, 5) is 0. The molecule has 1 saturated carbocycles. The van der Waals surface area contributed by atoms with Crippen molar-refractivity contribution in [2.75, 3.05) is 6.61 Å². The maximum absolute atomic E-state index is 6.26. The number of rotatable bonds is 8. The molecule has 29 heavy (non-hydrogen) atoms. The van der Waals surface area contributed by atoms with Crippen molar-refractivity contribution in [3.63, 3.8) is 0 Å². The van der Waals surface area contributed by atoms with Gasteiger partial charge in [0.05, 0.1) is 11.1 Å². The molecule has 1 N–H and O–H groups in total. The van der Waals surface area contributed by atoms with E-state index in [-0.39, 0.29) is 0 Å². The van der Waals surface area contributed by atoms with Gasteiger partial charge in [-0.05, 0) is 59.5 Å². The molecular formula is C24H31BrClNO2. The number of hydrogen-bond donors (Lipinski definition) is 1. The Morgan fingerprint density at radius 1 is 1.03 bits per heavy atom. The third-order valence-electron chi connectivity index (χ3n) is 5.40. The van der Waals surface area contributed by atoms with Crippen LogP contribution in [0.5, 0.6) is 11.5 Å². The van der Waals surface area contributed by atoms with E-state index in [1.807, 2.05) is 31.2 Å². The van der Waals surface area contributed by atoms with Crippen LogP contribution in [-0.2, 0) is 13.2 Å². The van der Waals surface area contributed by atoms with Crippen LogP contribution in [-0.4, -0.2) is 12.6 Å². The van der Waals surface area contributed by atoms with Crippen molar-refractivity contribution in [3.05, 3.63) is 57.0 Å². The Morgan fingerprint density at radius 2 is 1.76 bits per heavy atom. The molecule has 0 bridgehead atoms. The molecule has 0 spiro atoms. The average molecular weight is 481 g/mol. The normalized spacial score (nSPS) is 15.6. The Labute approximate surface area is 188 Å². The van der Waals surface area contributed by atoms with E-state index in [0.717, 1.165) is 28.1 Å². The van der Waals surface area contributed by atoms with Gasteiger partial charge >= 0.3 is 0 Å². The van der Waals surface area contributed by atoms with Gasteiger partial charge in [0.25, 0.3) is 0 Å². The molecule has 0 aromatic heterocycles. The Hall–Kier alpha value is -1.23. The van der Waals surface area contributed by atoms with Gasteiger partial charge in [-0.2, -0.15) is 0 Å². The van der Waals surface area contributed by atoms with Crippen LogP contribution in [0.3, 0.4) is 0 Å². The van der Waals surface area contributed by atoms with Crippen LogP contribution >= 0.6 is 27.5 Å². The Morgan fingerprint density at radius 3 is 2.48 bits per heavy atom. The molecule has 1 aliphatic rings. The highest BCUT2D eigenvalue weighted by Gasteiger charge is 2.15. The highest BCUT2D eigenvalue weighted by Crippen LogP contribution is 2.38. The largest absolute Gasteiger partial charge is 0.490 e. The van der Waals surface area contributed by atoms with Gasteiger partial charge in [0.15, 0.2) is 11.5 Å². The molecule has 2 aromatic rings. The van der Waals surface area contributed by atoms with Gasteiger partial charge in [-0.1, -0.05) is 61.9 Å². The van der Waals surface area contributed by atoms with Crippen molar-refractivity contribution < 1.29 is 9.47 Å². The maximum Gasteiger partial charge on any atom is 0.175 e. The zero-order valence-electron chi connectivity index (χ0n) is 17.2. The monoisotopic (exact) mass is 479 g/mol. The smallest absolute Gasteiger partial charge is 0.175 e. The van der Waals surface area contributed by atoms with Crippen LogP contribution < -0.4 is 14.8 Å². The fourth-order valence-electron chi connectivity index (χ4n) is 3.81. The van der Waals surface area contributed by atoms with Gasteiger partial charge in [-0.3, -0.25) is 0 Å². The number of halogens is 2. The fourth-order valence-corrected chi connectivity index (χ4v) is 4.61. The average Bonchev–Trinajstić information content (AvgIpc) is 2.68. The van der Waals surface area contributed by atoms with Gasteiger partial charge in [-0.25, -0.2) is 0 Å². The second kappa shape index (κ2) is 11.8. The molecule has 0 unspecified atom stereocenters. The molecule has 0 saturated heterocycles. The summed E-state index contributed by atoms with van der Waals surface area (Å²) < 4.78 is 12.9. The first-order valence-corrected chi connectivity index (χ1v) is 11.9. The molecule has 0 atom stereocenters. The quantitative estimate of drug-likeness (QED) is 0.430. The van der Waals surface area contributed by atoms with Gasteiger partial charge < -0.3 is 14.8 Å². The summed E-state index contributed by atoms with van der Waals surface area (Å²) in [5.41, 5.74) is 2.16. The lowest BCUT2D eigenvalue weighted by Crippen LogP contribution is -2.29. The van der Waals surface area contributed by atoms with E-state index in [0.29, 0.717) is 24.3 Å². The fraction of sp³-hybridized carbons (Fsp3) is 0.500. The van der Waals surface area contributed by atoms with Crippen LogP contribution in [0.2, 0.25) is 5.02 Å². The zero-order chi connectivity index (χ0) is 20.5. The summed E-state index contributed by atoms with van der Waals surface area (Å²) in [5, 5.41) is 4.46. The third-order valence-corrected chi connectivity index (χ3v) is 6.36. The minimum absolute atomic E-state index is 0.401. The molecule has 0 aliphatic heterocycles. The number of hydrogen-bond acceptors (Lipinski definition) is 3. The van der Waals surface area contributed by atoms with Crippen LogP contribution in [0.4, 0.5) is 0 Å². The van der Waals surface area contributed by atoms with Gasteiger partial charge in [0.2, 0.25) is 0 Å². The standard InChI is InChI=1S/C24H31BrClNO2/c1-2-28-23-15-18(16-27-20-11-6-4-3-5-7-12-20)14-21(25)24(23)29-17-19-10-8-9-13-22(19)26/h8-10,13-15,20,27H,2-7,11-12,16-17H2,1H3. The van der Waals surface area contributed by atoms with Gasteiger partial charge in [0.1, 0.15) is 6.61 Å². The van der Waals surface area contributed by atoms with E-state index < -0.39 is 0 Å². The van der Waals surface area contributed by atoms with E-state index in [1.165, 1.54) is 50.5 Å². The van der Waals surface area contributed by atoms with E-state index in [2.05, 4.69) is 33.4 Å². The summed E-state index contributed by atoms with van der Waals surface area (Å²) >= 11 is 9.95. The van der Waals surface area contributed by atoms with Gasteiger partial charge in [-0.15, -0.1) is 0 Å². The second-order valence-corrected chi connectivity index (χ2v) is 8.90. The van der Waals surface area contributed by atoms with Gasteiger partial charge in [0, 0.05) is 23.2 Å². The van der Waals surface area contributed by atoms with Crippen molar-refractivity contribution in [2.24, 2.45) is 0 Å². The molecule has 1 fully saturated rings. The highest BCUT2D eigenvalue weighted by molar-refractivity contribution is 9.10. The van der Waals surface area contributed by atoms with Crippen molar-refractivity contribution in [2.45, 2.75) is 71.1 Å². The summed E-state index contributed by atoms with van der Waals surface area (Å²) in [6, 6.07) is 12.6. The maximum atomic E-state index is 6.26. The zero-order valence-corrected chi connectivity index (χ0v) is 19.5. The summed E-state index contributed by atoms with van der Waals surface area (Å²) in [6.45, 7) is 3.83. The SMILES string of the molecule is CCOc1cc(CNC2CCCCCCC2)cc(Br)c1OCc1ccccc1Cl. The molecule has 3 rings (SSSR count). The van der Waals surface area contributed by atoms with Crippen LogP contribution in [0, 0.1) is 0 Å². The van der Waals surface area contributed by atoms with Crippen LogP contribution in [0.25, 0.3) is 0 Å². The molecule has 1 aliphatic carbocycles. The predicted octanol–water partition coefficient (Wildman–Crippen LogP) is 7.28. The van der Waals surface area contributed by atoms with E-state index >= 15 is 0 Å². The lowest BCUT2D eigenvalue weighted by Gasteiger charge is -2.22. The summed E-state index contributed by atoms with van der Waals surface area (Å²) in [6.07, 6.45) is 9.36. The topological polar surface area (TPSA) is 30.5 Å². The Kier molecular flexibility index (Phi) is 9.16. The lowest BCUT2D eigenvalue weighted by molar-refractivity contribution is 0.267. The molecule has 0 amide bonds. The first kappa shape index (κ1) is 22.5. The number of nitrogens with one attached hydrogen (secondary N) is 1. The Balaban J connectivity index is 1.67. The summed E-state index contributed by atoms with van der Waals surface area (Å²) in [7, 11) is 0. The molecule has 0 radical (unpaired) electrons. The van der Waals surface area contributed by atoms with Crippen molar-refractivity contribution in [1.82, 2.24) is 5.32 Å². The van der Waals surface area contributed by atoms with E-state index in [9.17, 15) is 0 Å². The van der Waals surface area contributed by atoms with Crippen molar-refractivity contribution in [3.8, 4) is 11.5 Å². The van der Waals surface area contributed by atoms with Crippen molar-refractivity contribution >= 4 is 27.5 Å². The van der Waals surface area contributed by atoms with Crippen molar-refractivity contribution in [1.29, 1.82) is 0 Å². The molecule has 0 heterocycles. The highest BCUT2D eigenvalue weighted by atomic mass is 79.9. The first-order chi connectivity index (χ1) is 14.2. The Bertz CT molecular complexity index is 775. The first-order valence-electron chi connectivity index (χ1n) is 10.7. The van der Waals surface area contributed by atoms with Crippen LogP contribution in [0.1, 0.15) is 63.0 Å². The second-order valence-electron chi connectivity index (χ2n) is 7.64. The molecule has 5 heteroatoms. The minimum Gasteiger partial charge on any atom is -0.490 e. The van der Waals surface area contributed by atoms with Crippen LogP contribution in [0.15, 0.2) is 40.9 Å². The molecular weight excluding hydrogens is 450 g/mol. The van der Waals surface area contributed by atoms with E-state index in [4.69, 9.17) is 21.1 Å². The molecule has 158 valence electrons. The number of ether oxygens (including phenoxy) is 2. The summed E-state index contributed by atoms with van der Waals surface area (Å²) in [5.74, 6) is 1.49. The molecule has 2 aromatic carbocycles. The minimum atomic E-state index is 0.401. The lowest BCUT2D eigenvalue weighted by atomic mass is 9.96.